The molecule has 2 N–H and O–H groups in total. The van der Waals surface area contributed by atoms with Crippen LogP contribution in [0.3, 0.4) is 0 Å². The van der Waals surface area contributed by atoms with Crippen molar-refractivity contribution in [3.8, 4) is 0 Å². The standard InChI is InChI=1S/C15H33NO4/c1-4-6-7-17-8-9-18-10-11-19-12-13-20-14-15(3,16)5-2/h4-14,16H2,1-3H3. The van der Waals surface area contributed by atoms with Gasteiger partial charge in [-0.15, -0.1) is 0 Å². The van der Waals surface area contributed by atoms with E-state index in [1.54, 1.807) is 0 Å². The Hall–Kier alpha value is -0.200. The molecule has 1 atom stereocenters. The van der Waals surface area contributed by atoms with Gasteiger partial charge >= 0.3 is 0 Å². The Labute approximate surface area is 124 Å². The normalized spacial score (nSPS) is 14.4. The van der Waals surface area contributed by atoms with E-state index < -0.39 is 0 Å². The summed E-state index contributed by atoms with van der Waals surface area (Å²) in [6.45, 7) is 11.2. The molecule has 5 heteroatoms. The fraction of sp³-hybridized carbons (Fsp3) is 1.00. The van der Waals surface area contributed by atoms with E-state index in [-0.39, 0.29) is 5.54 Å². The second-order valence-corrected chi connectivity index (χ2v) is 5.25. The fourth-order valence-corrected chi connectivity index (χ4v) is 1.31. The predicted molar refractivity (Wildman–Crippen MR) is 81.1 cm³/mol. The van der Waals surface area contributed by atoms with E-state index >= 15 is 0 Å². The smallest absolute Gasteiger partial charge is 0.0701 e. The Morgan fingerprint density at radius 1 is 0.750 bits per heavy atom. The van der Waals surface area contributed by atoms with Crippen LogP contribution in [-0.4, -0.2) is 58.4 Å². The number of ether oxygens (including phenoxy) is 4. The molecule has 0 heterocycles. The van der Waals surface area contributed by atoms with Crippen LogP contribution in [0, 0.1) is 0 Å². The topological polar surface area (TPSA) is 62.9 Å². The lowest BCUT2D eigenvalue weighted by molar-refractivity contribution is -0.00737. The Morgan fingerprint density at radius 3 is 1.65 bits per heavy atom. The molecule has 0 bridgehead atoms. The van der Waals surface area contributed by atoms with Crippen LogP contribution in [0.1, 0.15) is 40.0 Å². The summed E-state index contributed by atoms with van der Waals surface area (Å²) < 4.78 is 21.6. The first-order chi connectivity index (χ1) is 9.62. The van der Waals surface area contributed by atoms with Crippen LogP contribution < -0.4 is 5.73 Å². The van der Waals surface area contributed by atoms with Crippen molar-refractivity contribution in [3.05, 3.63) is 0 Å². The first-order valence-corrected chi connectivity index (χ1v) is 7.72. The molecule has 0 saturated heterocycles. The third-order valence-corrected chi connectivity index (χ3v) is 3.00. The number of rotatable bonds is 15. The van der Waals surface area contributed by atoms with Crippen LogP contribution in [-0.2, 0) is 18.9 Å². The zero-order valence-corrected chi connectivity index (χ0v) is 13.5. The van der Waals surface area contributed by atoms with E-state index in [0.717, 1.165) is 19.4 Å². The van der Waals surface area contributed by atoms with Crippen molar-refractivity contribution in [3.63, 3.8) is 0 Å². The lowest BCUT2D eigenvalue weighted by atomic mass is 10.0. The van der Waals surface area contributed by atoms with Gasteiger partial charge in [-0.1, -0.05) is 20.3 Å². The molecular weight excluding hydrogens is 258 g/mol. The van der Waals surface area contributed by atoms with Gasteiger partial charge in [-0.2, -0.15) is 0 Å². The molecule has 0 aromatic rings. The number of nitrogens with two attached hydrogens (primary N) is 1. The summed E-state index contributed by atoms with van der Waals surface area (Å²) in [5.41, 5.74) is 5.72. The SMILES string of the molecule is CCCCOCCOCCOCCOCC(C)(N)CC. The van der Waals surface area contributed by atoms with Crippen molar-refractivity contribution in [2.24, 2.45) is 5.73 Å². The monoisotopic (exact) mass is 291 g/mol. The third kappa shape index (κ3) is 14.2. The van der Waals surface area contributed by atoms with Crippen molar-refractivity contribution in [1.29, 1.82) is 0 Å². The molecule has 0 amide bonds. The molecule has 0 saturated carbocycles. The molecule has 20 heavy (non-hydrogen) atoms. The van der Waals surface area contributed by atoms with Crippen LogP contribution in [0.2, 0.25) is 0 Å². The summed E-state index contributed by atoms with van der Waals surface area (Å²) in [6, 6.07) is 0. The van der Waals surface area contributed by atoms with Crippen LogP contribution >= 0.6 is 0 Å². The lowest BCUT2D eigenvalue weighted by Gasteiger charge is -2.22. The lowest BCUT2D eigenvalue weighted by Crippen LogP contribution is -2.40. The van der Waals surface area contributed by atoms with Gasteiger partial charge in [-0.25, -0.2) is 0 Å². The Morgan fingerprint density at radius 2 is 1.20 bits per heavy atom. The number of unbranched alkanes of at least 4 members (excludes halogenated alkanes) is 1. The van der Waals surface area contributed by atoms with Gasteiger partial charge in [0.05, 0.1) is 46.2 Å². The Kier molecular flexibility index (Phi) is 13.6. The van der Waals surface area contributed by atoms with Crippen molar-refractivity contribution >= 4 is 0 Å². The van der Waals surface area contributed by atoms with Gasteiger partial charge in [0.25, 0.3) is 0 Å². The Balaban J connectivity index is 3.06. The molecule has 122 valence electrons. The zero-order chi connectivity index (χ0) is 15.1. The van der Waals surface area contributed by atoms with Crippen LogP contribution in [0.25, 0.3) is 0 Å². The predicted octanol–water partition coefficient (Wildman–Crippen LogP) is 1.98. The minimum atomic E-state index is -0.235. The van der Waals surface area contributed by atoms with E-state index in [9.17, 15) is 0 Å². The molecule has 0 fully saturated rings. The van der Waals surface area contributed by atoms with E-state index in [1.165, 1.54) is 6.42 Å². The maximum absolute atomic E-state index is 5.96. The van der Waals surface area contributed by atoms with Gasteiger partial charge in [0, 0.05) is 12.1 Å². The van der Waals surface area contributed by atoms with Crippen LogP contribution in [0.15, 0.2) is 0 Å². The van der Waals surface area contributed by atoms with E-state index in [0.29, 0.717) is 46.2 Å². The average Bonchev–Trinajstić information content (AvgIpc) is 2.44. The molecular formula is C15H33NO4. The van der Waals surface area contributed by atoms with E-state index in [4.69, 9.17) is 24.7 Å². The molecule has 0 rings (SSSR count). The molecule has 0 spiro atoms. The number of hydrogen-bond donors (Lipinski definition) is 1. The first-order valence-electron chi connectivity index (χ1n) is 7.72. The summed E-state index contributed by atoms with van der Waals surface area (Å²) in [7, 11) is 0. The van der Waals surface area contributed by atoms with Crippen LogP contribution in [0.5, 0.6) is 0 Å². The Bertz CT molecular complexity index is 200. The zero-order valence-electron chi connectivity index (χ0n) is 13.5. The molecule has 0 aliphatic heterocycles. The minimum absolute atomic E-state index is 0.235. The third-order valence-electron chi connectivity index (χ3n) is 3.00. The molecule has 0 aliphatic rings. The summed E-state index contributed by atoms with van der Waals surface area (Å²) in [6.07, 6.45) is 3.18. The highest BCUT2D eigenvalue weighted by Crippen LogP contribution is 2.04. The van der Waals surface area contributed by atoms with Gasteiger partial charge in [0.15, 0.2) is 0 Å². The van der Waals surface area contributed by atoms with Gasteiger partial charge in [-0.3, -0.25) is 0 Å². The molecule has 1 unspecified atom stereocenters. The summed E-state index contributed by atoms with van der Waals surface area (Å²) in [4.78, 5) is 0. The van der Waals surface area contributed by atoms with Crippen molar-refractivity contribution < 1.29 is 18.9 Å². The highest BCUT2D eigenvalue weighted by atomic mass is 16.6. The second kappa shape index (κ2) is 13.8. The van der Waals surface area contributed by atoms with Gasteiger partial charge in [0.1, 0.15) is 0 Å². The maximum Gasteiger partial charge on any atom is 0.0701 e. The molecule has 0 aromatic heterocycles. The fourth-order valence-electron chi connectivity index (χ4n) is 1.31. The summed E-state index contributed by atoms with van der Waals surface area (Å²) in [5.74, 6) is 0. The summed E-state index contributed by atoms with van der Waals surface area (Å²) >= 11 is 0. The van der Waals surface area contributed by atoms with Crippen LogP contribution in [0.4, 0.5) is 0 Å². The van der Waals surface area contributed by atoms with Crippen molar-refractivity contribution in [2.75, 3.05) is 52.9 Å². The van der Waals surface area contributed by atoms with E-state index in [2.05, 4.69) is 13.8 Å². The van der Waals surface area contributed by atoms with Gasteiger partial charge in [-0.05, 0) is 19.8 Å². The highest BCUT2D eigenvalue weighted by molar-refractivity contribution is 4.75. The largest absolute Gasteiger partial charge is 0.379 e. The maximum atomic E-state index is 5.96. The van der Waals surface area contributed by atoms with Gasteiger partial charge in [0.2, 0.25) is 0 Å². The number of hydrogen-bond acceptors (Lipinski definition) is 5. The van der Waals surface area contributed by atoms with Crippen molar-refractivity contribution in [2.45, 2.75) is 45.6 Å². The second-order valence-electron chi connectivity index (χ2n) is 5.25. The molecule has 0 aromatic carbocycles. The summed E-state index contributed by atoms with van der Waals surface area (Å²) in [5, 5.41) is 0. The van der Waals surface area contributed by atoms with Crippen molar-refractivity contribution in [1.82, 2.24) is 0 Å². The quantitative estimate of drug-likeness (QED) is 0.467. The highest BCUT2D eigenvalue weighted by Gasteiger charge is 2.14. The molecule has 0 radical (unpaired) electrons. The van der Waals surface area contributed by atoms with E-state index in [1.807, 2.05) is 6.92 Å². The molecule has 5 nitrogen and oxygen atoms in total. The molecule has 0 aliphatic carbocycles. The van der Waals surface area contributed by atoms with Gasteiger partial charge < -0.3 is 24.7 Å². The average molecular weight is 291 g/mol. The minimum Gasteiger partial charge on any atom is -0.379 e. The first kappa shape index (κ1) is 19.8.